The summed E-state index contributed by atoms with van der Waals surface area (Å²) in [7, 11) is 0. The minimum Gasteiger partial charge on any atom is -0.247 e. The summed E-state index contributed by atoms with van der Waals surface area (Å²) in [6.07, 6.45) is 0. The monoisotopic (exact) mass is 246 g/mol. The summed E-state index contributed by atoms with van der Waals surface area (Å²) in [6, 6.07) is 1.87. The highest BCUT2D eigenvalue weighted by Gasteiger charge is 2.19. The first kappa shape index (κ1) is 10.1. The molecule has 1 aliphatic rings. The molecule has 1 aliphatic heterocycles. The Labute approximate surface area is 96.8 Å². The number of benzene rings is 1. The average molecular weight is 247 g/mol. The van der Waals surface area contributed by atoms with Crippen molar-refractivity contribution in [2.24, 2.45) is 5.10 Å². The molecule has 14 heavy (non-hydrogen) atoms. The lowest BCUT2D eigenvalue weighted by atomic mass is 10.1. The Morgan fingerprint density at radius 1 is 1.36 bits per heavy atom. The van der Waals surface area contributed by atoms with Crippen molar-refractivity contribution in [2.45, 2.75) is 18.7 Å². The molecule has 1 N–H and O–H groups in total. The van der Waals surface area contributed by atoms with Crippen LogP contribution in [-0.4, -0.2) is 5.71 Å². The van der Waals surface area contributed by atoms with Crippen molar-refractivity contribution in [1.29, 1.82) is 0 Å². The van der Waals surface area contributed by atoms with Crippen molar-refractivity contribution in [3.8, 4) is 0 Å². The van der Waals surface area contributed by atoms with Crippen molar-refractivity contribution < 1.29 is 0 Å². The summed E-state index contributed by atoms with van der Waals surface area (Å²) in [6.45, 7) is 3.95. The van der Waals surface area contributed by atoms with Gasteiger partial charge < -0.3 is 0 Å². The molecular weight excluding hydrogens is 239 g/mol. The van der Waals surface area contributed by atoms with Crippen molar-refractivity contribution in [3.05, 3.63) is 27.2 Å². The fourth-order valence-electron chi connectivity index (χ4n) is 1.46. The molecule has 0 unspecified atom stereocenters. The zero-order valence-electron chi connectivity index (χ0n) is 7.69. The first-order chi connectivity index (χ1) is 6.61. The van der Waals surface area contributed by atoms with Crippen LogP contribution >= 0.6 is 35.1 Å². The zero-order chi connectivity index (χ0) is 10.3. The molecule has 1 aromatic carbocycles. The summed E-state index contributed by atoms with van der Waals surface area (Å²) in [5.74, 6) is 0. The number of halogens is 2. The van der Waals surface area contributed by atoms with Crippen molar-refractivity contribution in [1.82, 2.24) is 4.83 Å². The second-order valence-electron chi connectivity index (χ2n) is 3.08. The lowest BCUT2D eigenvalue weighted by Gasteiger charge is -2.18. The number of fused-ring (bicyclic) bond motifs is 1. The highest BCUT2D eigenvalue weighted by molar-refractivity contribution is 7.97. The van der Waals surface area contributed by atoms with E-state index in [1.807, 2.05) is 19.9 Å². The molecule has 2 nitrogen and oxygen atoms in total. The van der Waals surface area contributed by atoms with Gasteiger partial charge in [0.05, 0.1) is 20.7 Å². The van der Waals surface area contributed by atoms with E-state index >= 15 is 0 Å². The van der Waals surface area contributed by atoms with E-state index in [0.717, 1.165) is 21.7 Å². The van der Waals surface area contributed by atoms with Crippen molar-refractivity contribution >= 4 is 40.9 Å². The summed E-state index contributed by atoms with van der Waals surface area (Å²) in [4.78, 5) is 3.81. The second kappa shape index (κ2) is 3.65. The fraction of sp³-hybridized carbons (Fsp3) is 0.222. The molecule has 1 aromatic rings. The topological polar surface area (TPSA) is 24.4 Å². The molecule has 74 valence electrons. The summed E-state index contributed by atoms with van der Waals surface area (Å²) < 4.78 is 0. The Morgan fingerprint density at radius 3 is 2.79 bits per heavy atom. The summed E-state index contributed by atoms with van der Waals surface area (Å²) in [5, 5.41) is 5.32. The number of hydrogen-bond acceptors (Lipinski definition) is 3. The van der Waals surface area contributed by atoms with Crippen LogP contribution in [0.1, 0.15) is 18.1 Å². The van der Waals surface area contributed by atoms with Crippen LogP contribution in [0.4, 0.5) is 0 Å². The number of hydrogen-bond donors (Lipinski definition) is 1. The third kappa shape index (κ3) is 1.49. The smallest absolute Gasteiger partial charge is 0.0753 e. The second-order valence-corrected chi connectivity index (χ2v) is 4.66. The van der Waals surface area contributed by atoms with Crippen LogP contribution < -0.4 is 4.83 Å². The number of aryl methyl sites for hydroxylation is 1. The predicted molar refractivity (Wildman–Crippen MR) is 62.4 cm³/mol. The lowest BCUT2D eigenvalue weighted by molar-refractivity contribution is 1.07. The third-order valence-electron chi connectivity index (χ3n) is 2.10. The van der Waals surface area contributed by atoms with Gasteiger partial charge in [-0.05, 0) is 25.5 Å². The highest BCUT2D eigenvalue weighted by Crippen LogP contribution is 2.38. The maximum Gasteiger partial charge on any atom is 0.0753 e. The molecule has 2 rings (SSSR count). The summed E-state index contributed by atoms with van der Waals surface area (Å²) >= 11 is 13.5. The quantitative estimate of drug-likeness (QED) is 0.708. The van der Waals surface area contributed by atoms with Gasteiger partial charge in [0.2, 0.25) is 0 Å². The number of nitrogens with zero attached hydrogens (tertiary/aromatic N) is 1. The minimum absolute atomic E-state index is 0.590. The molecule has 0 spiro atoms. The number of nitrogens with one attached hydrogen (secondary N) is 1. The van der Waals surface area contributed by atoms with Crippen LogP contribution in [0.25, 0.3) is 0 Å². The Bertz CT molecular complexity index is 429. The molecule has 5 heteroatoms. The van der Waals surface area contributed by atoms with Crippen LogP contribution in [0.5, 0.6) is 0 Å². The molecule has 1 heterocycles. The molecule has 0 saturated heterocycles. The van der Waals surface area contributed by atoms with Gasteiger partial charge in [-0.1, -0.05) is 23.2 Å². The average Bonchev–Trinajstić information content (AvgIpc) is 2.14. The molecule has 0 radical (unpaired) electrons. The van der Waals surface area contributed by atoms with Gasteiger partial charge in [0, 0.05) is 17.5 Å². The Kier molecular flexibility index (Phi) is 2.64. The Hall–Kier alpha value is -0.380. The van der Waals surface area contributed by atoms with Gasteiger partial charge in [0.15, 0.2) is 0 Å². The molecule has 0 bridgehead atoms. The van der Waals surface area contributed by atoms with Crippen LogP contribution in [-0.2, 0) is 0 Å². The van der Waals surface area contributed by atoms with Crippen LogP contribution in [0.2, 0.25) is 10.0 Å². The Morgan fingerprint density at radius 2 is 2.07 bits per heavy atom. The summed E-state index contributed by atoms with van der Waals surface area (Å²) in [5.41, 5.74) is 3.13. The molecule has 0 amide bonds. The van der Waals surface area contributed by atoms with Gasteiger partial charge >= 0.3 is 0 Å². The van der Waals surface area contributed by atoms with E-state index in [9.17, 15) is 0 Å². The first-order valence-electron chi connectivity index (χ1n) is 4.06. The normalized spacial score (nSPS) is 14.4. The van der Waals surface area contributed by atoms with E-state index in [4.69, 9.17) is 23.2 Å². The van der Waals surface area contributed by atoms with Gasteiger partial charge in [0.1, 0.15) is 0 Å². The van der Waals surface area contributed by atoms with Crippen LogP contribution in [0.15, 0.2) is 16.1 Å². The zero-order valence-corrected chi connectivity index (χ0v) is 10.0. The number of hydrazone groups is 1. The maximum atomic E-state index is 6.10. The van der Waals surface area contributed by atoms with E-state index < -0.39 is 0 Å². The maximum absolute atomic E-state index is 6.10. The van der Waals surface area contributed by atoms with Gasteiger partial charge in [-0.3, -0.25) is 0 Å². The van der Waals surface area contributed by atoms with Crippen molar-refractivity contribution in [2.75, 3.05) is 0 Å². The number of rotatable bonds is 0. The minimum atomic E-state index is 0.590. The van der Waals surface area contributed by atoms with Crippen molar-refractivity contribution in [3.63, 3.8) is 0 Å². The van der Waals surface area contributed by atoms with E-state index in [2.05, 4.69) is 9.93 Å². The van der Waals surface area contributed by atoms with Gasteiger partial charge in [0.25, 0.3) is 0 Å². The van der Waals surface area contributed by atoms with E-state index in [0.29, 0.717) is 10.0 Å². The molecule has 0 atom stereocenters. The van der Waals surface area contributed by atoms with E-state index in [-0.39, 0.29) is 0 Å². The van der Waals surface area contributed by atoms with E-state index in [1.165, 1.54) is 11.9 Å². The largest absolute Gasteiger partial charge is 0.247 e. The highest BCUT2D eigenvalue weighted by atomic mass is 35.5. The van der Waals surface area contributed by atoms with Crippen LogP contribution in [0, 0.1) is 6.92 Å². The first-order valence-corrected chi connectivity index (χ1v) is 5.63. The standard InChI is InChI=1S/C9H8Cl2N2S/c1-4-3-6(10)8(11)9-7(4)5(2)12-13-14-9/h3,13H,1-2H3. The van der Waals surface area contributed by atoms with E-state index in [1.54, 1.807) is 0 Å². The predicted octanol–water partition coefficient (Wildman–Crippen LogP) is 3.64. The van der Waals surface area contributed by atoms with Gasteiger partial charge in [-0.15, -0.1) is 0 Å². The van der Waals surface area contributed by atoms with Gasteiger partial charge in [-0.25, -0.2) is 4.83 Å². The Balaban J connectivity index is 2.75. The molecule has 0 saturated carbocycles. The third-order valence-corrected chi connectivity index (χ3v) is 3.79. The molecular formula is C9H8Cl2N2S. The fourth-order valence-corrected chi connectivity index (χ4v) is 2.92. The molecule has 0 aliphatic carbocycles. The SMILES string of the molecule is CC1=NNSc2c(Cl)c(Cl)cc(C)c21. The lowest BCUT2D eigenvalue weighted by Crippen LogP contribution is -2.12. The van der Waals surface area contributed by atoms with Crippen LogP contribution in [0.3, 0.4) is 0 Å². The molecule has 0 fully saturated rings. The molecule has 0 aromatic heterocycles. The van der Waals surface area contributed by atoms with Gasteiger partial charge in [-0.2, -0.15) is 5.10 Å².